The first-order valence-corrected chi connectivity index (χ1v) is 11.8. The minimum absolute atomic E-state index is 0.0687. The molecule has 0 bridgehead atoms. The van der Waals surface area contributed by atoms with Gasteiger partial charge in [0.2, 0.25) is 17.7 Å². The predicted molar refractivity (Wildman–Crippen MR) is 131 cm³/mol. The molecular formula is C25H23F4N7O3. The Labute approximate surface area is 219 Å². The third kappa shape index (κ3) is 5.13. The number of aromatic nitrogens is 5. The maximum absolute atomic E-state index is 14.9. The Bertz CT molecular complexity index is 1540. The van der Waals surface area contributed by atoms with Crippen LogP contribution in [0.25, 0.3) is 11.1 Å². The van der Waals surface area contributed by atoms with Crippen molar-refractivity contribution in [1.29, 1.82) is 0 Å². The van der Waals surface area contributed by atoms with Crippen LogP contribution in [0.2, 0.25) is 0 Å². The van der Waals surface area contributed by atoms with Crippen molar-refractivity contribution in [3.63, 3.8) is 0 Å². The van der Waals surface area contributed by atoms with Crippen LogP contribution in [-0.4, -0.2) is 44.1 Å². The van der Waals surface area contributed by atoms with Gasteiger partial charge in [-0.1, -0.05) is 17.3 Å². The molecule has 2 N–H and O–H groups in total. The summed E-state index contributed by atoms with van der Waals surface area (Å²) in [6.45, 7) is 1.83. The molecule has 0 spiro atoms. The molecule has 10 nitrogen and oxygen atoms in total. The van der Waals surface area contributed by atoms with Crippen LogP contribution in [0, 0.1) is 12.7 Å². The second kappa shape index (κ2) is 9.67. The van der Waals surface area contributed by atoms with Gasteiger partial charge in [-0.2, -0.15) is 23.3 Å². The monoisotopic (exact) mass is 545 g/mol. The number of carbonyl (C=O) groups excluding carboxylic acids is 1. The van der Waals surface area contributed by atoms with Crippen molar-refractivity contribution in [3.05, 3.63) is 59.5 Å². The zero-order valence-electron chi connectivity index (χ0n) is 21.1. The third-order valence-electron chi connectivity index (χ3n) is 6.46. The van der Waals surface area contributed by atoms with Gasteiger partial charge in [-0.05, 0) is 37.0 Å². The first-order valence-electron chi connectivity index (χ1n) is 11.8. The third-order valence-corrected chi connectivity index (χ3v) is 6.46. The number of amides is 1. The van der Waals surface area contributed by atoms with Gasteiger partial charge in [0.25, 0.3) is 0 Å². The summed E-state index contributed by atoms with van der Waals surface area (Å²) in [5.41, 5.74) is 0.328. The van der Waals surface area contributed by atoms with Gasteiger partial charge in [0.15, 0.2) is 11.6 Å². The normalized spacial score (nSPS) is 14.2. The van der Waals surface area contributed by atoms with Crippen molar-refractivity contribution in [2.45, 2.75) is 37.8 Å². The highest BCUT2D eigenvalue weighted by Gasteiger charge is 2.66. The standard InChI is InChI=1S/C25H23F4N7O3/c1-13-18(12-36(2)34-13)31-23-30-11-16(22(33-23)38-3)14-4-5-15(17(26)8-14)9-21(37)32-20-10-19(39-35-20)24(6-7-24)25(27,28)29/h4-5,8,10-12H,6-7,9H2,1-3H3,(H,30,31,33)(H,32,35,37). The Balaban J connectivity index is 1.27. The van der Waals surface area contributed by atoms with Gasteiger partial charge in [-0.15, -0.1) is 0 Å². The number of methoxy groups -OCH3 is 1. The van der Waals surface area contributed by atoms with Crippen LogP contribution >= 0.6 is 0 Å². The molecular weight excluding hydrogens is 522 g/mol. The average Bonchev–Trinajstić information content (AvgIpc) is 3.48. The van der Waals surface area contributed by atoms with Crippen LogP contribution in [0.5, 0.6) is 5.88 Å². The molecule has 0 unspecified atom stereocenters. The van der Waals surface area contributed by atoms with E-state index >= 15 is 0 Å². The lowest BCUT2D eigenvalue weighted by Crippen LogP contribution is -2.28. The van der Waals surface area contributed by atoms with E-state index in [9.17, 15) is 22.4 Å². The Morgan fingerprint density at radius 2 is 2.03 bits per heavy atom. The first-order chi connectivity index (χ1) is 18.5. The van der Waals surface area contributed by atoms with E-state index in [4.69, 9.17) is 9.26 Å². The summed E-state index contributed by atoms with van der Waals surface area (Å²) in [5.74, 6) is -1.39. The summed E-state index contributed by atoms with van der Waals surface area (Å²) >= 11 is 0. The van der Waals surface area contributed by atoms with Gasteiger partial charge in [-0.25, -0.2) is 9.37 Å². The maximum Gasteiger partial charge on any atom is 0.401 e. The van der Waals surface area contributed by atoms with Crippen LogP contribution < -0.4 is 15.4 Å². The fourth-order valence-corrected chi connectivity index (χ4v) is 4.20. The number of anilines is 3. The molecule has 1 amide bonds. The smallest absolute Gasteiger partial charge is 0.401 e. The van der Waals surface area contributed by atoms with Crippen molar-refractivity contribution >= 4 is 23.4 Å². The summed E-state index contributed by atoms with van der Waals surface area (Å²) in [5, 5.41) is 13.2. The Hall–Kier alpha value is -4.49. The van der Waals surface area contributed by atoms with Crippen molar-refractivity contribution in [1.82, 2.24) is 24.9 Å². The summed E-state index contributed by atoms with van der Waals surface area (Å²) in [6.07, 6.45) is -1.79. The quantitative estimate of drug-likeness (QED) is 0.302. The molecule has 1 aliphatic rings. The minimum Gasteiger partial charge on any atom is -0.480 e. The number of rotatable bonds is 8. The molecule has 39 heavy (non-hydrogen) atoms. The molecule has 0 aliphatic heterocycles. The van der Waals surface area contributed by atoms with Crippen molar-refractivity contribution in [2.75, 3.05) is 17.7 Å². The summed E-state index contributed by atoms with van der Waals surface area (Å²) in [7, 11) is 3.21. The van der Waals surface area contributed by atoms with Crippen molar-refractivity contribution < 1.29 is 31.6 Å². The first kappa shape index (κ1) is 26.1. The fraction of sp³-hybridized carbons (Fsp3) is 0.320. The minimum atomic E-state index is -4.47. The van der Waals surface area contributed by atoms with Crippen LogP contribution in [0.15, 0.2) is 41.2 Å². The lowest BCUT2D eigenvalue weighted by Gasteiger charge is -2.14. The molecule has 1 fully saturated rings. The second-order valence-electron chi connectivity index (χ2n) is 9.23. The highest BCUT2D eigenvalue weighted by molar-refractivity contribution is 5.91. The number of hydrogen-bond donors (Lipinski definition) is 2. The van der Waals surface area contributed by atoms with Gasteiger partial charge in [0, 0.05) is 25.5 Å². The second-order valence-corrected chi connectivity index (χ2v) is 9.23. The highest BCUT2D eigenvalue weighted by Crippen LogP contribution is 2.59. The number of nitrogens with zero attached hydrogens (tertiary/aromatic N) is 5. The summed E-state index contributed by atoms with van der Waals surface area (Å²) in [6, 6.07) is 5.28. The van der Waals surface area contributed by atoms with Gasteiger partial charge in [-0.3, -0.25) is 9.48 Å². The van der Waals surface area contributed by atoms with E-state index in [0.29, 0.717) is 11.1 Å². The average molecular weight is 545 g/mol. The molecule has 0 atom stereocenters. The number of carbonyl (C=O) groups is 1. The van der Waals surface area contributed by atoms with Crippen LogP contribution in [0.4, 0.5) is 35.0 Å². The molecule has 5 rings (SSSR count). The fourth-order valence-electron chi connectivity index (χ4n) is 4.20. The van der Waals surface area contributed by atoms with Gasteiger partial charge >= 0.3 is 6.18 Å². The number of aryl methyl sites for hydroxylation is 2. The molecule has 4 aromatic rings. The van der Waals surface area contributed by atoms with Gasteiger partial charge < -0.3 is 19.9 Å². The SMILES string of the molecule is COc1nc(Nc2cn(C)nc2C)ncc1-c1ccc(CC(=O)Nc2cc(C3(C(F)(F)F)CC3)on2)c(F)c1. The molecule has 0 radical (unpaired) electrons. The lowest BCUT2D eigenvalue weighted by molar-refractivity contribution is -0.165. The zero-order chi connectivity index (χ0) is 27.9. The van der Waals surface area contributed by atoms with E-state index in [1.807, 2.05) is 6.92 Å². The Morgan fingerprint density at radius 1 is 1.26 bits per heavy atom. The number of hydrogen-bond acceptors (Lipinski definition) is 8. The number of nitrogens with one attached hydrogen (secondary N) is 2. The predicted octanol–water partition coefficient (Wildman–Crippen LogP) is 4.84. The number of ether oxygens (including phenoxy) is 1. The molecule has 0 saturated heterocycles. The van der Waals surface area contributed by atoms with E-state index in [-0.39, 0.29) is 48.2 Å². The summed E-state index contributed by atoms with van der Waals surface area (Å²) in [4.78, 5) is 21.1. The largest absolute Gasteiger partial charge is 0.480 e. The van der Waals surface area contributed by atoms with Crippen molar-refractivity contribution in [2.24, 2.45) is 7.05 Å². The molecule has 1 saturated carbocycles. The van der Waals surface area contributed by atoms with Gasteiger partial charge in [0.1, 0.15) is 11.2 Å². The molecule has 204 valence electrons. The van der Waals surface area contributed by atoms with E-state index in [0.717, 1.165) is 17.4 Å². The maximum atomic E-state index is 14.9. The number of halogens is 4. The van der Waals surface area contributed by atoms with E-state index in [1.54, 1.807) is 24.0 Å². The van der Waals surface area contributed by atoms with E-state index < -0.39 is 23.3 Å². The Kier molecular flexibility index (Phi) is 6.48. The molecule has 3 heterocycles. The van der Waals surface area contributed by atoms with Crippen LogP contribution in [0.1, 0.15) is 29.9 Å². The Morgan fingerprint density at radius 3 is 2.64 bits per heavy atom. The van der Waals surface area contributed by atoms with E-state index in [2.05, 4.69) is 30.9 Å². The zero-order valence-corrected chi connectivity index (χ0v) is 21.1. The van der Waals surface area contributed by atoms with Gasteiger partial charge in [0.05, 0.1) is 30.5 Å². The summed E-state index contributed by atoms with van der Waals surface area (Å²) < 4.78 is 66.6. The number of alkyl halides is 3. The van der Waals surface area contributed by atoms with E-state index in [1.165, 1.54) is 25.4 Å². The van der Waals surface area contributed by atoms with Crippen LogP contribution in [0.3, 0.4) is 0 Å². The molecule has 14 heteroatoms. The topological polar surface area (TPSA) is 120 Å². The molecule has 1 aromatic carbocycles. The highest BCUT2D eigenvalue weighted by atomic mass is 19.4. The number of benzene rings is 1. The molecule has 3 aromatic heterocycles. The van der Waals surface area contributed by atoms with Crippen LogP contribution in [-0.2, 0) is 23.7 Å². The molecule has 1 aliphatic carbocycles. The lowest BCUT2D eigenvalue weighted by atomic mass is 10.0. The van der Waals surface area contributed by atoms with Crippen molar-refractivity contribution in [3.8, 4) is 17.0 Å².